The van der Waals surface area contributed by atoms with Gasteiger partial charge < -0.3 is 28.4 Å². The molecule has 1 heterocycles. The molecule has 1 unspecified atom stereocenters. The molecule has 6 rings (SSSR count). The molecule has 1 aliphatic heterocycles. The molecule has 5 aromatic carbocycles. The fourth-order valence-electron chi connectivity index (χ4n) is 7.07. The van der Waals surface area contributed by atoms with Gasteiger partial charge in [-0.2, -0.15) is 0 Å². The lowest BCUT2D eigenvalue weighted by molar-refractivity contribution is -0.101. The molecule has 56 heavy (non-hydrogen) atoms. The topological polar surface area (TPSA) is 55.4 Å². The molecule has 0 spiro atoms. The standard InChI is InChI=1S/C47H51F3O6/c1-29(2)40-14-13-35(48)23-43(40)55-26-32-9-7-10-33(19-32)41-21-36(49)24-44(46(41)30(3)4)54-18-17-52-38-12-8-11-34(20-38)42-22-37(50)25-45(47(42)31(5)6)56-28-39-27-51-15-16-53-39/h7-14,19-25,29-31,39H,15-18,26-28H2,1-6H3. The Balaban J connectivity index is 1.15. The van der Waals surface area contributed by atoms with Crippen molar-refractivity contribution < 1.29 is 41.6 Å². The SMILES string of the molecule is CC(C)c1ccc(F)cc1OCc1cccc(-c2cc(F)cc(OCCOc3cccc(-c4cc(F)cc(OCC5COCCO5)c4C(C)C)c3)c2C(C)C)c1. The quantitative estimate of drug-likeness (QED) is 0.0932. The van der Waals surface area contributed by atoms with Gasteiger partial charge >= 0.3 is 0 Å². The van der Waals surface area contributed by atoms with Crippen LogP contribution in [0.1, 0.15) is 81.5 Å². The van der Waals surface area contributed by atoms with Crippen molar-refractivity contribution in [3.63, 3.8) is 0 Å². The van der Waals surface area contributed by atoms with Crippen molar-refractivity contribution in [2.24, 2.45) is 0 Å². The number of ether oxygens (including phenoxy) is 6. The molecule has 0 saturated carbocycles. The number of benzene rings is 5. The minimum absolute atomic E-state index is 0.0119. The maximum Gasteiger partial charge on any atom is 0.127 e. The second-order valence-electron chi connectivity index (χ2n) is 15.0. The van der Waals surface area contributed by atoms with Crippen LogP contribution in [0.15, 0.2) is 91.0 Å². The van der Waals surface area contributed by atoms with E-state index in [1.807, 2.05) is 90.1 Å². The summed E-state index contributed by atoms with van der Waals surface area (Å²) < 4.78 is 80.1. The highest BCUT2D eigenvalue weighted by atomic mass is 19.1. The largest absolute Gasteiger partial charge is 0.490 e. The molecule has 0 aromatic heterocycles. The molecule has 0 aliphatic carbocycles. The van der Waals surface area contributed by atoms with Crippen LogP contribution in [0.2, 0.25) is 0 Å². The van der Waals surface area contributed by atoms with Crippen molar-refractivity contribution in [3.05, 3.63) is 131 Å². The summed E-state index contributed by atoms with van der Waals surface area (Å²) in [7, 11) is 0. The first-order valence-corrected chi connectivity index (χ1v) is 19.3. The van der Waals surface area contributed by atoms with E-state index in [2.05, 4.69) is 0 Å². The van der Waals surface area contributed by atoms with Crippen molar-refractivity contribution >= 4 is 0 Å². The zero-order valence-corrected chi connectivity index (χ0v) is 33.0. The van der Waals surface area contributed by atoms with E-state index in [0.29, 0.717) is 42.8 Å². The molecule has 0 bridgehead atoms. The van der Waals surface area contributed by atoms with Crippen molar-refractivity contribution in [1.82, 2.24) is 0 Å². The molecular weight excluding hydrogens is 718 g/mol. The van der Waals surface area contributed by atoms with Crippen molar-refractivity contribution in [2.75, 3.05) is 39.6 Å². The Kier molecular flexibility index (Phi) is 13.6. The smallest absolute Gasteiger partial charge is 0.127 e. The van der Waals surface area contributed by atoms with Crippen LogP contribution in [0.4, 0.5) is 13.2 Å². The Labute approximate surface area is 328 Å². The summed E-state index contributed by atoms with van der Waals surface area (Å²) in [5.41, 5.74) is 6.59. The van der Waals surface area contributed by atoms with E-state index in [1.54, 1.807) is 6.07 Å². The van der Waals surface area contributed by atoms with Gasteiger partial charge in [0.15, 0.2) is 0 Å². The first-order valence-electron chi connectivity index (χ1n) is 19.3. The Hall–Kier alpha value is -4.99. The Morgan fingerprint density at radius 1 is 0.589 bits per heavy atom. The third-order valence-corrected chi connectivity index (χ3v) is 9.66. The minimum Gasteiger partial charge on any atom is -0.490 e. The molecule has 0 amide bonds. The van der Waals surface area contributed by atoms with Gasteiger partial charge in [-0.05, 0) is 87.5 Å². The van der Waals surface area contributed by atoms with E-state index in [9.17, 15) is 4.39 Å². The highest BCUT2D eigenvalue weighted by molar-refractivity contribution is 5.73. The molecule has 5 aromatic rings. The monoisotopic (exact) mass is 768 g/mol. The van der Waals surface area contributed by atoms with E-state index in [4.69, 9.17) is 28.4 Å². The molecular formula is C47H51F3O6. The molecule has 1 fully saturated rings. The normalized spacial score (nSPS) is 14.4. The van der Waals surface area contributed by atoms with Gasteiger partial charge in [0.25, 0.3) is 0 Å². The molecule has 0 radical (unpaired) electrons. The number of hydrogen-bond acceptors (Lipinski definition) is 6. The zero-order valence-electron chi connectivity index (χ0n) is 33.0. The van der Waals surface area contributed by atoms with Gasteiger partial charge in [-0.15, -0.1) is 0 Å². The fraction of sp³-hybridized carbons (Fsp3) is 0.362. The minimum atomic E-state index is -0.421. The maximum absolute atomic E-state index is 15.2. The van der Waals surface area contributed by atoms with E-state index in [0.717, 1.165) is 44.5 Å². The van der Waals surface area contributed by atoms with E-state index < -0.39 is 11.6 Å². The van der Waals surface area contributed by atoms with Gasteiger partial charge in [0.1, 0.15) is 73.0 Å². The summed E-state index contributed by atoms with van der Waals surface area (Å²) >= 11 is 0. The summed E-state index contributed by atoms with van der Waals surface area (Å²) in [5, 5.41) is 0. The lowest BCUT2D eigenvalue weighted by Gasteiger charge is -2.25. The van der Waals surface area contributed by atoms with E-state index in [-0.39, 0.29) is 56.1 Å². The molecule has 1 atom stereocenters. The van der Waals surface area contributed by atoms with Gasteiger partial charge in [-0.25, -0.2) is 13.2 Å². The number of hydrogen-bond donors (Lipinski definition) is 0. The second kappa shape index (κ2) is 18.8. The molecule has 6 nitrogen and oxygen atoms in total. The van der Waals surface area contributed by atoms with Crippen LogP contribution < -0.4 is 18.9 Å². The van der Waals surface area contributed by atoms with E-state index >= 15 is 8.78 Å². The Bertz CT molecular complexity index is 2090. The van der Waals surface area contributed by atoms with Gasteiger partial charge in [0, 0.05) is 29.3 Å². The first kappa shape index (κ1) is 40.7. The van der Waals surface area contributed by atoms with Crippen LogP contribution >= 0.6 is 0 Å². The lowest BCUT2D eigenvalue weighted by Crippen LogP contribution is -2.33. The van der Waals surface area contributed by atoms with Crippen molar-refractivity contribution in [2.45, 2.75) is 72.0 Å². The first-order chi connectivity index (χ1) is 27.0. The van der Waals surface area contributed by atoms with Gasteiger partial charge in [-0.1, -0.05) is 77.9 Å². The third-order valence-electron chi connectivity index (χ3n) is 9.66. The molecule has 9 heteroatoms. The summed E-state index contributed by atoms with van der Waals surface area (Å²) in [4.78, 5) is 0. The van der Waals surface area contributed by atoms with Crippen molar-refractivity contribution in [3.8, 4) is 45.3 Å². The maximum atomic E-state index is 15.2. The average Bonchev–Trinajstić information content (AvgIpc) is 3.17. The predicted octanol–water partition coefficient (Wildman–Crippen LogP) is 11.6. The fourth-order valence-corrected chi connectivity index (χ4v) is 7.07. The van der Waals surface area contributed by atoms with Crippen LogP contribution in [0.5, 0.6) is 23.0 Å². The average molecular weight is 769 g/mol. The van der Waals surface area contributed by atoms with Crippen LogP contribution in [-0.2, 0) is 16.1 Å². The number of halogens is 3. The molecule has 0 N–H and O–H groups in total. The van der Waals surface area contributed by atoms with Gasteiger partial charge in [0.2, 0.25) is 0 Å². The Morgan fingerprint density at radius 2 is 1.21 bits per heavy atom. The van der Waals surface area contributed by atoms with Crippen LogP contribution in [0.3, 0.4) is 0 Å². The lowest BCUT2D eigenvalue weighted by atomic mass is 9.91. The zero-order chi connectivity index (χ0) is 39.8. The van der Waals surface area contributed by atoms with Crippen LogP contribution in [0.25, 0.3) is 22.3 Å². The van der Waals surface area contributed by atoms with Crippen LogP contribution in [-0.4, -0.2) is 45.7 Å². The predicted molar refractivity (Wildman–Crippen MR) is 214 cm³/mol. The summed E-state index contributed by atoms with van der Waals surface area (Å²) in [5.74, 6) is 1.05. The van der Waals surface area contributed by atoms with Gasteiger partial charge in [-0.3, -0.25) is 0 Å². The highest BCUT2D eigenvalue weighted by Crippen LogP contribution is 2.40. The summed E-state index contributed by atoms with van der Waals surface area (Å²) in [6.45, 7) is 14.6. The number of rotatable bonds is 16. The highest BCUT2D eigenvalue weighted by Gasteiger charge is 2.22. The molecule has 1 aliphatic rings. The second-order valence-corrected chi connectivity index (χ2v) is 15.0. The van der Waals surface area contributed by atoms with Crippen LogP contribution in [0, 0.1) is 17.5 Å². The third kappa shape index (κ3) is 10.2. The van der Waals surface area contributed by atoms with Crippen molar-refractivity contribution in [1.29, 1.82) is 0 Å². The molecule has 1 saturated heterocycles. The van der Waals surface area contributed by atoms with Gasteiger partial charge in [0.05, 0.1) is 19.8 Å². The summed E-state index contributed by atoms with van der Waals surface area (Å²) in [6.07, 6.45) is -0.214. The summed E-state index contributed by atoms with van der Waals surface area (Å²) in [6, 6.07) is 25.7. The molecule has 296 valence electrons. The van der Waals surface area contributed by atoms with E-state index in [1.165, 1.54) is 36.4 Å². The Morgan fingerprint density at radius 3 is 1.86 bits per heavy atom.